The van der Waals surface area contributed by atoms with Gasteiger partial charge in [-0.3, -0.25) is 4.40 Å². The number of aromatic nitrogens is 2. The van der Waals surface area contributed by atoms with Crippen LogP contribution in [-0.2, 0) is 0 Å². The molecule has 0 amide bonds. The molecule has 19 heavy (non-hydrogen) atoms. The molecule has 0 N–H and O–H groups in total. The van der Waals surface area contributed by atoms with Gasteiger partial charge in [-0.2, -0.15) is 0 Å². The van der Waals surface area contributed by atoms with Crippen LogP contribution in [-0.4, -0.2) is 9.38 Å². The van der Waals surface area contributed by atoms with Crippen LogP contribution in [0.4, 0.5) is 4.39 Å². The number of fused-ring (bicyclic) bond motifs is 3. The molecule has 92 valence electrons. The van der Waals surface area contributed by atoms with Gasteiger partial charge in [0.05, 0.1) is 16.7 Å². The van der Waals surface area contributed by atoms with Gasteiger partial charge in [-0.25, -0.2) is 9.37 Å². The molecule has 2 nitrogen and oxygen atoms in total. The molecule has 0 atom stereocenters. The van der Waals surface area contributed by atoms with E-state index in [1.54, 1.807) is 23.5 Å². The molecule has 4 heteroatoms. The molecule has 2 aromatic carbocycles. The average Bonchev–Trinajstić information content (AvgIpc) is 2.98. The van der Waals surface area contributed by atoms with Crippen LogP contribution in [0, 0.1) is 5.82 Å². The first-order valence-electron chi connectivity index (χ1n) is 5.93. The van der Waals surface area contributed by atoms with Crippen molar-refractivity contribution >= 4 is 27.3 Å². The molecular formula is C15H9FN2S. The summed E-state index contributed by atoms with van der Waals surface area (Å²) in [6.07, 6.45) is 0. The molecule has 0 aliphatic rings. The van der Waals surface area contributed by atoms with Gasteiger partial charge in [0.25, 0.3) is 0 Å². The normalized spacial score (nSPS) is 11.4. The third kappa shape index (κ3) is 1.57. The Labute approximate surface area is 112 Å². The van der Waals surface area contributed by atoms with Gasteiger partial charge in [-0.05, 0) is 42.0 Å². The summed E-state index contributed by atoms with van der Waals surface area (Å²) in [6, 6.07) is 14.6. The third-order valence-corrected chi connectivity index (χ3v) is 4.01. The van der Waals surface area contributed by atoms with Crippen LogP contribution < -0.4 is 0 Å². The maximum atomic E-state index is 13.0. The second kappa shape index (κ2) is 3.90. The SMILES string of the molecule is Fc1ccc(-c2csc3nc4ccccc4n23)cc1. The van der Waals surface area contributed by atoms with Gasteiger partial charge in [0.2, 0.25) is 0 Å². The number of rotatable bonds is 1. The number of thiazole rings is 1. The van der Waals surface area contributed by atoms with Crippen molar-refractivity contribution in [3.63, 3.8) is 0 Å². The van der Waals surface area contributed by atoms with Crippen LogP contribution in [0.1, 0.15) is 0 Å². The summed E-state index contributed by atoms with van der Waals surface area (Å²) in [5, 5.41) is 2.06. The Morgan fingerprint density at radius 3 is 2.63 bits per heavy atom. The Kier molecular flexibility index (Phi) is 2.19. The second-order valence-corrected chi connectivity index (χ2v) is 5.18. The predicted molar refractivity (Wildman–Crippen MR) is 76.0 cm³/mol. The molecule has 2 heterocycles. The summed E-state index contributed by atoms with van der Waals surface area (Å²) in [7, 11) is 0. The monoisotopic (exact) mass is 268 g/mol. The zero-order chi connectivity index (χ0) is 12.8. The topological polar surface area (TPSA) is 17.3 Å². The molecule has 0 fully saturated rings. The summed E-state index contributed by atoms with van der Waals surface area (Å²) in [4.78, 5) is 5.55. The van der Waals surface area contributed by atoms with Gasteiger partial charge in [-0.1, -0.05) is 12.1 Å². The van der Waals surface area contributed by atoms with Crippen molar-refractivity contribution in [3.05, 3.63) is 59.7 Å². The maximum absolute atomic E-state index is 13.0. The van der Waals surface area contributed by atoms with Gasteiger partial charge in [0.1, 0.15) is 5.82 Å². The number of hydrogen-bond donors (Lipinski definition) is 0. The minimum atomic E-state index is -0.217. The lowest BCUT2D eigenvalue weighted by atomic mass is 10.2. The van der Waals surface area contributed by atoms with Crippen molar-refractivity contribution in [1.82, 2.24) is 9.38 Å². The number of imidazole rings is 1. The molecule has 0 saturated carbocycles. The van der Waals surface area contributed by atoms with Crippen LogP contribution in [0.15, 0.2) is 53.9 Å². The van der Waals surface area contributed by atoms with Crippen molar-refractivity contribution in [2.75, 3.05) is 0 Å². The first-order valence-corrected chi connectivity index (χ1v) is 6.81. The summed E-state index contributed by atoms with van der Waals surface area (Å²) in [5.74, 6) is -0.217. The molecule has 0 aliphatic heterocycles. The van der Waals surface area contributed by atoms with E-state index in [9.17, 15) is 4.39 Å². The van der Waals surface area contributed by atoms with E-state index < -0.39 is 0 Å². The lowest BCUT2D eigenvalue weighted by molar-refractivity contribution is 0.628. The molecule has 0 saturated heterocycles. The smallest absolute Gasteiger partial charge is 0.195 e. The Morgan fingerprint density at radius 2 is 1.79 bits per heavy atom. The summed E-state index contributed by atoms with van der Waals surface area (Å²) >= 11 is 1.60. The zero-order valence-corrected chi connectivity index (χ0v) is 10.7. The quantitative estimate of drug-likeness (QED) is 0.501. The lowest BCUT2D eigenvalue weighted by Gasteiger charge is -2.01. The molecule has 0 aliphatic carbocycles. The van der Waals surface area contributed by atoms with E-state index in [1.165, 1.54) is 12.1 Å². The van der Waals surface area contributed by atoms with Crippen LogP contribution in [0.2, 0.25) is 0 Å². The van der Waals surface area contributed by atoms with Crippen LogP contribution in [0.3, 0.4) is 0 Å². The Bertz CT molecular complexity index is 874. The summed E-state index contributed by atoms with van der Waals surface area (Å²) in [6.45, 7) is 0. The molecule has 4 rings (SSSR count). The number of hydrogen-bond acceptors (Lipinski definition) is 2. The van der Waals surface area contributed by atoms with Crippen LogP contribution >= 0.6 is 11.3 Å². The van der Waals surface area contributed by atoms with Gasteiger partial charge in [0.15, 0.2) is 4.96 Å². The minimum Gasteiger partial charge on any atom is -0.283 e. The van der Waals surface area contributed by atoms with Crippen molar-refractivity contribution in [2.45, 2.75) is 0 Å². The molecule has 2 aromatic heterocycles. The fourth-order valence-electron chi connectivity index (χ4n) is 2.29. The molecule has 0 unspecified atom stereocenters. The molecule has 0 spiro atoms. The molecule has 0 radical (unpaired) electrons. The highest BCUT2D eigenvalue weighted by molar-refractivity contribution is 7.15. The summed E-state index contributed by atoms with van der Waals surface area (Å²) < 4.78 is 15.1. The number of halogens is 1. The predicted octanol–water partition coefficient (Wildman–Crippen LogP) is 4.36. The Morgan fingerprint density at radius 1 is 1.00 bits per heavy atom. The first-order chi connectivity index (χ1) is 9.33. The fraction of sp³-hybridized carbons (Fsp3) is 0. The first kappa shape index (κ1) is 10.7. The van der Waals surface area contributed by atoms with Gasteiger partial charge in [-0.15, -0.1) is 11.3 Å². The van der Waals surface area contributed by atoms with Crippen LogP contribution in [0.5, 0.6) is 0 Å². The van der Waals surface area contributed by atoms with E-state index >= 15 is 0 Å². The van der Waals surface area contributed by atoms with E-state index in [2.05, 4.69) is 20.8 Å². The highest BCUT2D eigenvalue weighted by Gasteiger charge is 2.11. The lowest BCUT2D eigenvalue weighted by Crippen LogP contribution is -1.85. The number of para-hydroxylation sites is 2. The van der Waals surface area contributed by atoms with E-state index in [1.807, 2.05) is 18.2 Å². The number of nitrogens with zero attached hydrogens (tertiary/aromatic N) is 2. The molecular weight excluding hydrogens is 259 g/mol. The molecule has 4 aromatic rings. The number of benzene rings is 2. The zero-order valence-electron chi connectivity index (χ0n) is 9.88. The Hall–Kier alpha value is -2.20. The highest BCUT2D eigenvalue weighted by Crippen LogP contribution is 2.30. The van der Waals surface area contributed by atoms with Gasteiger partial charge >= 0.3 is 0 Å². The van der Waals surface area contributed by atoms with Crippen molar-refractivity contribution in [2.24, 2.45) is 0 Å². The van der Waals surface area contributed by atoms with E-state index in [4.69, 9.17) is 0 Å². The third-order valence-electron chi connectivity index (χ3n) is 3.19. The highest BCUT2D eigenvalue weighted by atomic mass is 32.1. The van der Waals surface area contributed by atoms with Crippen molar-refractivity contribution < 1.29 is 4.39 Å². The van der Waals surface area contributed by atoms with Crippen LogP contribution in [0.25, 0.3) is 27.3 Å². The van der Waals surface area contributed by atoms with E-state index in [0.717, 1.165) is 27.3 Å². The second-order valence-electron chi connectivity index (χ2n) is 4.35. The van der Waals surface area contributed by atoms with Gasteiger partial charge in [0, 0.05) is 5.38 Å². The van der Waals surface area contributed by atoms with Gasteiger partial charge < -0.3 is 0 Å². The molecule has 0 bridgehead atoms. The van der Waals surface area contributed by atoms with Crippen molar-refractivity contribution in [3.8, 4) is 11.3 Å². The fourth-order valence-corrected chi connectivity index (χ4v) is 3.21. The maximum Gasteiger partial charge on any atom is 0.195 e. The minimum absolute atomic E-state index is 0.217. The largest absolute Gasteiger partial charge is 0.283 e. The van der Waals surface area contributed by atoms with Crippen molar-refractivity contribution in [1.29, 1.82) is 0 Å². The van der Waals surface area contributed by atoms with E-state index in [-0.39, 0.29) is 5.82 Å². The summed E-state index contributed by atoms with van der Waals surface area (Å²) in [5.41, 5.74) is 4.11. The standard InChI is InChI=1S/C15H9FN2S/c16-11-7-5-10(6-8-11)14-9-19-15-17-12-3-1-2-4-13(12)18(14)15/h1-9H. The Balaban J connectivity index is 2.06. The van der Waals surface area contributed by atoms with E-state index in [0.29, 0.717) is 0 Å². The average molecular weight is 268 g/mol.